The van der Waals surface area contributed by atoms with Crippen LogP contribution in [-0.4, -0.2) is 11.0 Å². The second-order valence-corrected chi connectivity index (χ2v) is 4.50. The number of hydrogen-bond acceptors (Lipinski definition) is 2. The molecule has 4 nitrogen and oxygen atoms in total. The van der Waals surface area contributed by atoms with Gasteiger partial charge in [0.25, 0.3) is 0 Å². The summed E-state index contributed by atoms with van der Waals surface area (Å²) in [6.07, 6.45) is 1.70. The van der Waals surface area contributed by atoms with Gasteiger partial charge in [-0.3, -0.25) is 5.32 Å². The number of anilines is 2. The first-order valence-electron chi connectivity index (χ1n) is 6.39. The zero-order valence-electron chi connectivity index (χ0n) is 11.0. The lowest BCUT2D eigenvalue weighted by Crippen LogP contribution is -2.20. The average molecular weight is 281 g/mol. The number of fused-ring (bicyclic) bond motifs is 1. The minimum Gasteiger partial charge on any atom is -0.308 e. The number of halogens is 1. The van der Waals surface area contributed by atoms with E-state index >= 15 is 0 Å². The Hall–Kier alpha value is -2.95. The van der Waals surface area contributed by atoms with Gasteiger partial charge in [-0.05, 0) is 35.7 Å². The summed E-state index contributed by atoms with van der Waals surface area (Å²) in [5.74, 6) is 0.102. The molecule has 0 saturated heterocycles. The molecule has 2 aromatic carbocycles. The van der Waals surface area contributed by atoms with Crippen molar-refractivity contribution in [2.24, 2.45) is 0 Å². The van der Waals surface area contributed by atoms with Crippen LogP contribution in [0.15, 0.2) is 60.8 Å². The van der Waals surface area contributed by atoms with Crippen molar-refractivity contribution in [2.45, 2.75) is 0 Å². The Morgan fingerprint density at radius 1 is 0.952 bits per heavy atom. The van der Waals surface area contributed by atoms with Crippen LogP contribution < -0.4 is 10.6 Å². The molecular formula is C16H12FN3O. The van der Waals surface area contributed by atoms with E-state index in [-0.39, 0.29) is 5.82 Å². The van der Waals surface area contributed by atoms with E-state index in [1.54, 1.807) is 12.3 Å². The van der Waals surface area contributed by atoms with E-state index in [1.165, 1.54) is 24.3 Å². The van der Waals surface area contributed by atoms with Crippen molar-refractivity contribution in [3.05, 3.63) is 66.6 Å². The van der Waals surface area contributed by atoms with Gasteiger partial charge in [-0.1, -0.05) is 24.3 Å². The summed E-state index contributed by atoms with van der Waals surface area (Å²) in [4.78, 5) is 16.0. The third-order valence-electron chi connectivity index (χ3n) is 2.97. The number of benzene rings is 2. The molecule has 1 aromatic heterocycles. The van der Waals surface area contributed by atoms with Crippen LogP contribution in [0.3, 0.4) is 0 Å². The molecule has 0 atom stereocenters. The largest absolute Gasteiger partial charge is 0.324 e. The summed E-state index contributed by atoms with van der Waals surface area (Å²) in [6, 6.07) is 14.6. The van der Waals surface area contributed by atoms with Gasteiger partial charge >= 0.3 is 6.03 Å². The third-order valence-corrected chi connectivity index (χ3v) is 2.97. The molecule has 0 aliphatic carbocycles. The Labute approximate surface area is 120 Å². The Balaban J connectivity index is 1.72. The first-order valence-corrected chi connectivity index (χ1v) is 6.39. The van der Waals surface area contributed by atoms with Gasteiger partial charge in [-0.15, -0.1) is 0 Å². The molecule has 104 valence electrons. The summed E-state index contributed by atoms with van der Waals surface area (Å²) in [5.41, 5.74) is 0.509. The summed E-state index contributed by atoms with van der Waals surface area (Å²) in [5, 5.41) is 7.24. The number of amides is 2. The molecule has 21 heavy (non-hydrogen) atoms. The molecule has 0 bridgehead atoms. The van der Waals surface area contributed by atoms with Gasteiger partial charge in [0.05, 0.1) is 0 Å². The molecule has 0 fully saturated rings. The topological polar surface area (TPSA) is 54.0 Å². The summed E-state index contributed by atoms with van der Waals surface area (Å²) < 4.78 is 12.8. The van der Waals surface area contributed by atoms with E-state index < -0.39 is 6.03 Å². The van der Waals surface area contributed by atoms with Crippen molar-refractivity contribution in [3.63, 3.8) is 0 Å². The molecule has 0 saturated carbocycles. The maximum Gasteiger partial charge on any atom is 0.324 e. The fraction of sp³-hybridized carbons (Fsp3) is 0. The summed E-state index contributed by atoms with van der Waals surface area (Å²) in [7, 11) is 0. The first-order chi connectivity index (χ1) is 10.2. The van der Waals surface area contributed by atoms with E-state index in [2.05, 4.69) is 15.6 Å². The van der Waals surface area contributed by atoms with Gasteiger partial charge < -0.3 is 5.32 Å². The zero-order chi connectivity index (χ0) is 14.7. The highest BCUT2D eigenvalue weighted by molar-refractivity contribution is 6.00. The lowest BCUT2D eigenvalue weighted by atomic mass is 10.2. The highest BCUT2D eigenvalue weighted by atomic mass is 19.1. The molecule has 5 heteroatoms. The number of urea groups is 1. The van der Waals surface area contributed by atoms with E-state index in [0.29, 0.717) is 11.5 Å². The number of nitrogens with one attached hydrogen (secondary N) is 2. The lowest BCUT2D eigenvalue weighted by molar-refractivity contribution is 0.262. The number of pyridine rings is 1. The van der Waals surface area contributed by atoms with E-state index in [1.807, 2.05) is 24.3 Å². The quantitative estimate of drug-likeness (QED) is 0.745. The number of aromatic nitrogens is 1. The van der Waals surface area contributed by atoms with E-state index in [4.69, 9.17) is 0 Å². The zero-order valence-corrected chi connectivity index (χ0v) is 11.0. The maximum atomic E-state index is 12.8. The Morgan fingerprint density at radius 2 is 1.67 bits per heavy atom. The predicted octanol–water partition coefficient (Wildman–Crippen LogP) is 4.02. The van der Waals surface area contributed by atoms with Crippen LogP contribution in [0, 0.1) is 5.82 Å². The van der Waals surface area contributed by atoms with Gasteiger partial charge in [-0.25, -0.2) is 14.2 Å². The number of hydrogen-bond donors (Lipinski definition) is 2. The highest BCUT2D eigenvalue weighted by Crippen LogP contribution is 2.16. The molecule has 2 N–H and O–H groups in total. The molecule has 3 rings (SSSR count). The minimum absolute atomic E-state index is 0.350. The second-order valence-electron chi connectivity index (χ2n) is 4.50. The maximum absolute atomic E-state index is 12.8. The Morgan fingerprint density at radius 3 is 2.43 bits per heavy atom. The Bertz CT molecular complexity index is 787. The Kier molecular flexibility index (Phi) is 3.47. The van der Waals surface area contributed by atoms with Gasteiger partial charge in [0.1, 0.15) is 11.6 Å². The summed E-state index contributed by atoms with van der Waals surface area (Å²) in [6.45, 7) is 0. The van der Waals surface area contributed by atoms with E-state index in [9.17, 15) is 9.18 Å². The van der Waals surface area contributed by atoms with Crippen molar-refractivity contribution in [1.29, 1.82) is 0 Å². The first kappa shape index (κ1) is 13.1. The number of carbonyl (C=O) groups excluding carboxylic acids is 1. The molecule has 0 aliphatic heterocycles. The number of rotatable bonds is 2. The average Bonchev–Trinajstić information content (AvgIpc) is 2.49. The van der Waals surface area contributed by atoms with Gasteiger partial charge in [-0.2, -0.15) is 0 Å². The standard InChI is InChI=1S/C16H12FN3O/c17-13-5-7-14(8-6-13)19-16(21)20-15-9-11-3-1-2-4-12(11)10-18-15/h1-10H,(H2,18,19,20,21). The highest BCUT2D eigenvalue weighted by Gasteiger charge is 2.04. The molecule has 0 radical (unpaired) electrons. The van der Waals surface area contributed by atoms with Crippen molar-refractivity contribution in [2.75, 3.05) is 10.6 Å². The molecule has 0 spiro atoms. The van der Waals surface area contributed by atoms with E-state index in [0.717, 1.165) is 10.8 Å². The third kappa shape index (κ3) is 3.14. The van der Waals surface area contributed by atoms with Crippen molar-refractivity contribution < 1.29 is 9.18 Å². The number of carbonyl (C=O) groups is 1. The van der Waals surface area contributed by atoms with Crippen molar-refractivity contribution in [3.8, 4) is 0 Å². The monoisotopic (exact) mass is 281 g/mol. The fourth-order valence-electron chi connectivity index (χ4n) is 1.96. The van der Waals surface area contributed by atoms with Crippen LogP contribution in [0.5, 0.6) is 0 Å². The lowest BCUT2D eigenvalue weighted by Gasteiger charge is -2.07. The fourth-order valence-corrected chi connectivity index (χ4v) is 1.96. The van der Waals surface area contributed by atoms with Crippen LogP contribution in [0.25, 0.3) is 10.8 Å². The molecule has 1 heterocycles. The molecule has 0 aliphatic rings. The minimum atomic E-state index is -0.426. The second kappa shape index (κ2) is 5.58. The van der Waals surface area contributed by atoms with Gasteiger partial charge in [0.2, 0.25) is 0 Å². The van der Waals surface area contributed by atoms with Crippen LogP contribution in [0.4, 0.5) is 20.7 Å². The molecule has 0 unspecified atom stereocenters. The number of nitrogens with zero attached hydrogens (tertiary/aromatic N) is 1. The smallest absolute Gasteiger partial charge is 0.308 e. The molecular weight excluding hydrogens is 269 g/mol. The van der Waals surface area contributed by atoms with Crippen LogP contribution >= 0.6 is 0 Å². The van der Waals surface area contributed by atoms with Crippen LogP contribution in [-0.2, 0) is 0 Å². The van der Waals surface area contributed by atoms with Gasteiger partial charge in [0, 0.05) is 17.3 Å². The van der Waals surface area contributed by atoms with Crippen LogP contribution in [0.2, 0.25) is 0 Å². The normalized spacial score (nSPS) is 10.3. The molecule has 3 aromatic rings. The van der Waals surface area contributed by atoms with Gasteiger partial charge in [0.15, 0.2) is 0 Å². The predicted molar refractivity (Wildman–Crippen MR) is 80.8 cm³/mol. The SMILES string of the molecule is O=C(Nc1ccc(F)cc1)Nc1cc2ccccc2cn1. The van der Waals surface area contributed by atoms with Crippen molar-refractivity contribution >= 4 is 28.3 Å². The van der Waals surface area contributed by atoms with Crippen molar-refractivity contribution in [1.82, 2.24) is 4.98 Å². The molecule has 2 amide bonds. The van der Waals surface area contributed by atoms with Crippen LogP contribution in [0.1, 0.15) is 0 Å². The summed E-state index contributed by atoms with van der Waals surface area (Å²) >= 11 is 0.